The van der Waals surface area contributed by atoms with Crippen molar-refractivity contribution in [2.45, 2.75) is 31.9 Å². The lowest BCUT2D eigenvalue weighted by Crippen LogP contribution is -2.49. The van der Waals surface area contributed by atoms with Gasteiger partial charge in [-0.15, -0.1) is 0 Å². The van der Waals surface area contributed by atoms with Gasteiger partial charge in [-0.2, -0.15) is 0 Å². The van der Waals surface area contributed by atoms with Gasteiger partial charge in [-0.3, -0.25) is 4.79 Å². The van der Waals surface area contributed by atoms with E-state index in [1.165, 1.54) is 0 Å². The van der Waals surface area contributed by atoms with E-state index < -0.39 is 6.09 Å². The molecule has 1 fully saturated rings. The molecule has 29 heavy (non-hydrogen) atoms. The zero-order valence-electron chi connectivity index (χ0n) is 16.8. The van der Waals surface area contributed by atoms with Gasteiger partial charge in [-0.1, -0.05) is 54.6 Å². The summed E-state index contributed by atoms with van der Waals surface area (Å²) in [5.74, 6) is 0.0590. The van der Waals surface area contributed by atoms with Crippen molar-refractivity contribution >= 4 is 11.9 Å². The number of hydrogen-bond acceptors (Lipinski definition) is 5. The molecule has 0 saturated carbocycles. The number of carbonyl (C=O) groups is 2. The Labute approximate surface area is 171 Å². The van der Waals surface area contributed by atoms with Crippen LogP contribution in [0.15, 0.2) is 54.6 Å². The molecule has 6 nitrogen and oxygen atoms in total. The maximum atomic E-state index is 11.9. The lowest BCUT2D eigenvalue weighted by atomic mass is 9.82. The first-order valence-corrected chi connectivity index (χ1v) is 9.98. The molecule has 2 aromatic rings. The second-order valence-electron chi connectivity index (χ2n) is 7.24. The second kappa shape index (κ2) is 10.2. The van der Waals surface area contributed by atoms with Gasteiger partial charge in [0.1, 0.15) is 6.61 Å². The quantitative estimate of drug-likeness (QED) is 0.528. The summed E-state index contributed by atoms with van der Waals surface area (Å²) in [6.45, 7) is 4.24. The maximum Gasteiger partial charge on any atom is 0.407 e. The number of alkyl carbamates (subject to hydrolysis) is 1. The lowest BCUT2D eigenvalue weighted by Gasteiger charge is -2.39. The third-order valence-corrected chi connectivity index (χ3v) is 5.26. The van der Waals surface area contributed by atoms with Gasteiger partial charge in [-0.05, 0) is 30.9 Å². The number of amides is 1. The van der Waals surface area contributed by atoms with E-state index in [1.54, 1.807) is 6.92 Å². The fourth-order valence-corrected chi connectivity index (χ4v) is 3.55. The van der Waals surface area contributed by atoms with Gasteiger partial charge < -0.3 is 20.1 Å². The minimum absolute atomic E-state index is 0.0590. The van der Waals surface area contributed by atoms with Crippen LogP contribution >= 0.6 is 0 Å². The summed E-state index contributed by atoms with van der Waals surface area (Å²) in [5.41, 5.74) is 2.58. The molecule has 1 saturated heterocycles. The minimum atomic E-state index is -0.428. The molecule has 3 rings (SSSR count). The van der Waals surface area contributed by atoms with Crippen molar-refractivity contribution in [3.8, 4) is 0 Å². The number of nitrogens with one attached hydrogen (secondary N) is 2. The summed E-state index contributed by atoms with van der Waals surface area (Å²) in [7, 11) is 0. The molecule has 0 bridgehead atoms. The molecule has 0 radical (unpaired) electrons. The Hall–Kier alpha value is -2.70. The Balaban J connectivity index is 1.50. The molecule has 0 atom stereocenters. The van der Waals surface area contributed by atoms with Gasteiger partial charge in [0.25, 0.3) is 0 Å². The lowest BCUT2D eigenvalue weighted by molar-refractivity contribution is 0.0367. The number of ketones is 1. The first-order chi connectivity index (χ1) is 14.1. The fourth-order valence-electron chi connectivity index (χ4n) is 3.55. The molecular formula is C23H28N2O4. The summed E-state index contributed by atoms with van der Waals surface area (Å²) >= 11 is 0. The van der Waals surface area contributed by atoms with Crippen molar-refractivity contribution in [2.24, 2.45) is 0 Å². The number of Topliss-reactive ketones (excluding diaryl/α,β-unsaturated/α-hetero) is 1. The Bertz CT molecular complexity index is 799. The maximum absolute atomic E-state index is 11.9. The predicted molar refractivity (Wildman–Crippen MR) is 111 cm³/mol. The summed E-state index contributed by atoms with van der Waals surface area (Å²) in [6.07, 6.45) is 1.25. The smallest absolute Gasteiger partial charge is 0.407 e. The highest BCUT2D eigenvalue weighted by Crippen LogP contribution is 2.32. The van der Waals surface area contributed by atoms with Gasteiger partial charge in [0.2, 0.25) is 0 Å². The van der Waals surface area contributed by atoms with E-state index in [0.29, 0.717) is 31.9 Å². The molecule has 1 amide bonds. The van der Waals surface area contributed by atoms with Crippen LogP contribution in [-0.4, -0.2) is 38.2 Å². The predicted octanol–water partition coefficient (Wildman–Crippen LogP) is 3.41. The molecule has 0 spiro atoms. The Morgan fingerprint density at radius 3 is 2.34 bits per heavy atom. The fraction of sp³-hybridized carbons (Fsp3) is 0.391. The third kappa shape index (κ3) is 5.89. The van der Waals surface area contributed by atoms with Crippen LogP contribution < -0.4 is 10.6 Å². The van der Waals surface area contributed by atoms with Crippen molar-refractivity contribution in [3.05, 3.63) is 71.3 Å². The molecular weight excluding hydrogens is 368 g/mol. The number of rotatable bonds is 8. The number of hydrogen-bond donors (Lipinski definition) is 2. The first-order valence-electron chi connectivity index (χ1n) is 9.98. The largest absolute Gasteiger partial charge is 0.445 e. The number of carbonyl (C=O) groups excluding carboxylic acids is 2. The van der Waals surface area contributed by atoms with Crippen molar-refractivity contribution < 1.29 is 19.1 Å². The third-order valence-electron chi connectivity index (χ3n) is 5.26. The van der Waals surface area contributed by atoms with Gasteiger partial charge in [0.05, 0.1) is 0 Å². The van der Waals surface area contributed by atoms with Crippen LogP contribution in [0.1, 0.15) is 41.3 Å². The molecule has 0 unspecified atom stereocenters. The highest BCUT2D eigenvalue weighted by atomic mass is 16.5. The van der Waals surface area contributed by atoms with E-state index in [9.17, 15) is 9.59 Å². The average Bonchev–Trinajstić information content (AvgIpc) is 2.77. The Morgan fingerprint density at radius 1 is 1.00 bits per heavy atom. The molecule has 0 aliphatic carbocycles. The van der Waals surface area contributed by atoms with Crippen LogP contribution in [0.25, 0.3) is 0 Å². The summed E-state index contributed by atoms with van der Waals surface area (Å²) in [5, 5.41) is 6.38. The van der Waals surface area contributed by atoms with E-state index in [2.05, 4.69) is 10.6 Å². The van der Waals surface area contributed by atoms with Gasteiger partial charge in [-0.25, -0.2) is 4.79 Å². The topological polar surface area (TPSA) is 76.7 Å². The molecule has 0 aromatic heterocycles. The monoisotopic (exact) mass is 396 g/mol. The van der Waals surface area contributed by atoms with Crippen LogP contribution in [0, 0.1) is 0 Å². The average molecular weight is 396 g/mol. The molecule has 154 valence electrons. The van der Waals surface area contributed by atoms with Crippen molar-refractivity contribution in [1.82, 2.24) is 10.6 Å². The van der Waals surface area contributed by atoms with Crippen molar-refractivity contribution in [1.29, 1.82) is 0 Å². The first kappa shape index (κ1) is 21.0. The van der Waals surface area contributed by atoms with E-state index >= 15 is 0 Å². The highest BCUT2D eigenvalue weighted by molar-refractivity contribution is 5.94. The molecule has 6 heteroatoms. The van der Waals surface area contributed by atoms with Crippen LogP contribution in [-0.2, 0) is 21.6 Å². The zero-order chi connectivity index (χ0) is 20.5. The van der Waals surface area contributed by atoms with E-state index in [0.717, 1.165) is 24.0 Å². The van der Waals surface area contributed by atoms with Crippen LogP contribution in [0.3, 0.4) is 0 Å². The Morgan fingerprint density at radius 2 is 1.69 bits per heavy atom. The molecule has 2 aromatic carbocycles. The van der Waals surface area contributed by atoms with E-state index in [1.807, 2.05) is 54.6 Å². The standard InChI is InChI=1S/C23H28N2O4/c1-18(26)20-7-9-21(10-8-20)23(11-15-28-16-12-23)25-14-13-24-22(27)29-17-19-5-3-2-4-6-19/h2-10,25H,11-17H2,1H3,(H,24,27). The van der Waals surface area contributed by atoms with E-state index in [-0.39, 0.29) is 17.9 Å². The van der Waals surface area contributed by atoms with Gasteiger partial charge in [0, 0.05) is 37.4 Å². The molecule has 2 N–H and O–H groups in total. The SMILES string of the molecule is CC(=O)c1ccc(C2(NCCNC(=O)OCc3ccccc3)CCOCC2)cc1. The van der Waals surface area contributed by atoms with E-state index in [4.69, 9.17) is 9.47 Å². The van der Waals surface area contributed by atoms with Crippen LogP contribution in [0.2, 0.25) is 0 Å². The van der Waals surface area contributed by atoms with Gasteiger partial charge >= 0.3 is 6.09 Å². The second-order valence-corrected chi connectivity index (χ2v) is 7.24. The number of ether oxygens (including phenoxy) is 2. The van der Waals surface area contributed by atoms with Crippen LogP contribution in [0.4, 0.5) is 4.79 Å². The molecule has 1 aliphatic rings. The highest BCUT2D eigenvalue weighted by Gasteiger charge is 2.33. The summed E-state index contributed by atoms with van der Waals surface area (Å²) < 4.78 is 10.8. The Kier molecular flexibility index (Phi) is 7.38. The van der Waals surface area contributed by atoms with Crippen LogP contribution in [0.5, 0.6) is 0 Å². The zero-order valence-corrected chi connectivity index (χ0v) is 16.8. The normalized spacial score (nSPS) is 15.5. The summed E-state index contributed by atoms with van der Waals surface area (Å²) in [6, 6.07) is 17.4. The van der Waals surface area contributed by atoms with Gasteiger partial charge in [0.15, 0.2) is 5.78 Å². The van der Waals surface area contributed by atoms with Crippen molar-refractivity contribution in [3.63, 3.8) is 0 Å². The molecule has 1 heterocycles. The van der Waals surface area contributed by atoms with Crippen molar-refractivity contribution in [2.75, 3.05) is 26.3 Å². The minimum Gasteiger partial charge on any atom is -0.445 e. The molecule has 1 aliphatic heterocycles. The number of benzene rings is 2. The summed E-state index contributed by atoms with van der Waals surface area (Å²) in [4.78, 5) is 23.4.